The minimum atomic E-state index is -3.85. The van der Waals surface area contributed by atoms with Crippen LogP contribution in [0.2, 0.25) is 0 Å². The zero-order valence-corrected chi connectivity index (χ0v) is 20.1. The van der Waals surface area contributed by atoms with E-state index in [-0.39, 0.29) is 29.8 Å². The number of pyridine rings is 1. The van der Waals surface area contributed by atoms with Crippen LogP contribution in [0.4, 0.5) is 5.69 Å². The first kappa shape index (κ1) is 24.8. The third-order valence-corrected chi connectivity index (χ3v) is 7.44. The van der Waals surface area contributed by atoms with Crippen LogP contribution in [0.15, 0.2) is 71.9 Å². The van der Waals surface area contributed by atoms with E-state index in [9.17, 15) is 18.0 Å². The fourth-order valence-electron chi connectivity index (χ4n) is 4.13. The van der Waals surface area contributed by atoms with E-state index >= 15 is 0 Å². The summed E-state index contributed by atoms with van der Waals surface area (Å²) >= 11 is 0. The van der Waals surface area contributed by atoms with Crippen LogP contribution in [0.25, 0.3) is 10.8 Å². The molecule has 10 heteroatoms. The Morgan fingerprint density at radius 3 is 2.46 bits per heavy atom. The van der Waals surface area contributed by atoms with E-state index in [0.717, 1.165) is 42.4 Å². The quantitative estimate of drug-likeness (QED) is 0.415. The van der Waals surface area contributed by atoms with Crippen molar-refractivity contribution in [2.24, 2.45) is 5.92 Å². The molecule has 2 heterocycles. The fourth-order valence-corrected chi connectivity index (χ4v) is 5.14. The number of carbonyl (C=O) groups excluding carboxylic acids is 2. The van der Waals surface area contributed by atoms with Crippen molar-refractivity contribution in [1.82, 2.24) is 20.3 Å². The number of hydrogen-bond donors (Lipinski definition) is 3. The van der Waals surface area contributed by atoms with Crippen LogP contribution >= 0.6 is 0 Å². The summed E-state index contributed by atoms with van der Waals surface area (Å²) in [6.45, 7) is 1.67. The van der Waals surface area contributed by atoms with Gasteiger partial charge in [-0.25, -0.2) is 13.1 Å². The lowest BCUT2D eigenvalue weighted by Gasteiger charge is -2.29. The maximum atomic E-state index is 13.2. The van der Waals surface area contributed by atoms with Gasteiger partial charge in [0.2, 0.25) is 21.8 Å². The number of nitrogens with zero attached hydrogens (tertiary/aromatic N) is 2. The zero-order valence-electron chi connectivity index (χ0n) is 19.3. The SMILES string of the molecule is O=C(CNS(=O)(=O)c1ccc2ccccc2c1)NCCN(C(=O)C1CCNCC1)c1ccncc1. The lowest BCUT2D eigenvalue weighted by atomic mass is 9.96. The molecular weight excluding hydrogens is 466 g/mol. The Morgan fingerprint density at radius 1 is 1.00 bits per heavy atom. The third kappa shape index (κ3) is 6.41. The van der Waals surface area contributed by atoms with Crippen LogP contribution in [0.1, 0.15) is 12.8 Å². The van der Waals surface area contributed by atoms with Crippen molar-refractivity contribution in [1.29, 1.82) is 0 Å². The highest BCUT2D eigenvalue weighted by molar-refractivity contribution is 7.89. The van der Waals surface area contributed by atoms with E-state index in [1.54, 1.807) is 41.6 Å². The van der Waals surface area contributed by atoms with Crippen molar-refractivity contribution in [3.05, 3.63) is 67.0 Å². The monoisotopic (exact) mass is 495 g/mol. The molecule has 0 spiro atoms. The van der Waals surface area contributed by atoms with Crippen LogP contribution < -0.4 is 20.3 Å². The summed E-state index contributed by atoms with van der Waals surface area (Å²) in [4.78, 5) is 31.3. The normalized spacial score (nSPS) is 14.5. The summed E-state index contributed by atoms with van der Waals surface area (Å²) in [7, 11) is -3.85. The second kappa shape index (κ2) is 11.4. The van der Waals surface area contributed by atoms with Gasteiger partial charge >= 0.3 is 0 Å². The molecule has 2 amide bonds. The average molecular weight is 496 g/mol. The van der Waals surface area contributed by atoms with Gasteiger partial charge in [0.05, 0.1) is 11.4 Å². The molecule has 0 radical (unpaired) electrons. The van der Waals surface area contributed by atoms with Crippen molar-refractivity contribution in [2.75, 3.05) is 37.6 Å². The van der Waals surface area contributed by atoms with E-state index in [2.05, 4.69) is 20.3 Å². The molecule has 35 heavy (non-hydrogen) atoms. The van der Waals surface area contributed by atoms with Crippen molar-refractivity contribution in [3.63, 3.8) is 0 Å². The first-order chi connectivity index (χ1) is 16.9. The van der Waals surface area contributed by atoms with Crippen molar-refractivity contribution in [3.8, 4) is 0 Å². The molecule has 184 valence electrons. The van der Waals surface area contributed by atoms with Gasteiger partial charge in [0, 0.05) is 37.1 Å². The van der Waals surface area contributed by atoms with Gasteiger partial charge in [-0.3, -0.25) is 14.6 Å². The molecule has 2 aromatic carbocycles. The Bertz CT molecular complexity index is 1280. The smallest absolute Gasteiger partial charge is 0.241 e. The van der Waals surface area contributed by atoms with Gasteiger partial charge in [0.1, 0.15) is 0 Å². The lowest BCUT2D eigenvalue weighted by molar-refractivity contribution is -0.123. The van der Waals surface area contributed by atoms with Crippen LogP contribution in [0.3, 0.4) is 0 Å². The van der Waals surface area contributed by atoms with Gasteiger partial charge in [0.15, 0.2) is 0 Å². The van der Waals surface area contributed by atoms with Gasteiger partial charge in [-0.2, -0.15) is 0 Å². The number of hydrogen-bond acceptors (Lipinski definition) is 6. The van der Waals surface area contributed by atoms with Crippen LogP contribution in [0.5, 0.6) is 0 Å². The fraction of sp³-hybridized carbons (Fsp3) is 0.320. The van der Waals surface area contributed by atoms with E-state index in [4.69, 9.17) is 0 Å². The molecule has 3 aromatic rings. The van der Waals surface area contributed by atoms with Crippen LogP contribution in [-0.4, -0.2) is 57.9 Å². The second-order valence-corrected chi connectivity index (χ2v) is 10.2. The third-order valence-electron chi connectivity index (χ3n) is 6.04. The van der Waals surface area contributed by atoms with E-state index in [0.29, 0.717) is 0 Å². The Balaban J connectivity index is 1.32. The summed E-state index contributed by atoms with van der Waals surface area (Å²) in [6, 6.07) is 15.8. The molecule has 0 atom stereocenters. The van der Waals surface area contributed by atoms with Gasteiger partial charge in [-0.1, -0.05) is 30.3 Å². The number of anilines is 1. The predicted molar refractivity (Wildman–Crippen MR) is 134 cm³/mol. The minimum absolute atomic E-state index is 0.0176. The molecule has 1 aliphatic heterocycles. The molecule has 1 aromatic heterocycles. The minimum Gasteiger partial charge on any atom is -0.353 e. The van der Waals surface area contributed by atoms with E-state index < -0.39 is 22.5 Å². The molecule has 0 bridgehead atoms. The van der Waals surface area contributed by atoms with Gasteiger partial charge in [-0.05, 0) is 61.0 Å². The summed E-state index contributed by atoms with van der Waals surface area (Å²) in [5, 5.41) is 7.70. The van der Waals surface area contributed by atoms with Crippen molar-refractivity contribution < 1.29 is 18.0 Å². The Morgan fingerprint density at radius 2 is 1.71 bits per heavy atom. The van der Waals surface area contributed by atoms with Crippen molar-refractivity contribution >= 4 is 38.3 Å². The van der Waals surface area contributed by atoms with Gasteiger partial charge < -0.3 is 15.5 Å². The van der Waals surface area contributed by atoms with Crippen LogP contribution in [-0.2, 0) is 19.6 Å². The molecule has 1 aliphatic rings. The molecule has 3 N–H and O–H groups in total. The highest BCUT2D eigenvalue weighted by Crippen LogP contribution is 2.21. The predicted octanol–water partition coefficient (Wildman–Crippen LogP) is 1.66. The van der Waals surface area contributed by atoms with E-state index in [1.165, 1.54) is 6.07 Å². The molecular formula is C25H29N5O4S. The number of benzene rings is 2. The lowest BCUT2D eigenvalue weighted by Crippen LogP contribution is -2.45. The Kier molecular flexibility index (Phi) is 8.06. The molecule has 0 unspecified atom stereocenters. The van der Waals surface area contributed by atoms with E-state index in [1.807, 2.05) is 24.3 Å². The summed E-state index contributed by atoms with van der Waals surface area (Å²) in [6.07, 6.45) is 4.78. The molecule has 0 aliphatic carbocycles. The number of carbonyl (C=O) groups is 2. The Labute approximate surface area is 205 Å². The largest absolute Gasteiger partial charge is 0.353 e. The standard InChI is InChI=1S/C25H29N5O4S/c31-24(18-29-35(33,34)23-6-5-19-3-1-2-4-21(19)17-23)28-15-16-30(22-9-13-27-14-10-22)25(32)20-7-11-26-12-8-20/h1-6,9-10,13-14,17,20,26,29H,7-8,11-12,15-16,18H2,(H,28,31). The number of nitrogens with one attached hydrogen (secondary N) is 3. The number of fused-ring (bicyclic) bond motifs is 1. The highest BCUT2D eigenvalue weighted by atomic mass is 32.2. The summed E-state index contributed by atoms with van der Waals surface area (Å²) in [5.41, 5.74) is 0.717. The first-order valence-corrected chi connectivity index (χ1v) is 13.1. The van der Waals surface area contributed by atoms with Gasteiger partial charge in [-0.15, -0.1) is 0 Å². The van der Waals surface area contributed by atoms with Gasteiger partial charge in [0.25, 0.3) is 0 Å². The summed E-state index contributed by atoms with van der Waals surface area (Å²) < 4.78 is 27.7. The van der Waals surface area contributed by atoms with Crippen LogP contribution in [0, 0.1) is 5.92 Å². The zero-order chi connectivity index (χ0) is 24.7. The molecule has 1 fully saturated rings. The highest BCUT2D eigenvalue weighted by Gasteiger charge is 2.27. The molecule has 1 saturated heterocycles. The number of aromatic nitrogens is 1. The molecule has 9 nitrogen and oxygen atoms in total. The molecule has 0 saturated carbocycles. The number of rotatable bonds is 9. The maximum Gasteiger partial charge on any atom is 0.241 e. The topological polar surface area (TPSA) is 120 Å². The second-order valence-electron chi connectivity index (χ2n) is 8.40. The molecule has 4 rings (SSSR count). The summed E-state index contributed by atoms with van der Waals surface area (Å²) in [5.74, 6) is -0.531. The number of piperidine rings is 1. The maximum absolute atomic E-state index is 13.2. The number of sulfonamides is 1. The van der Waals surface area contributed by atoms with Crippen molar-refractivity contribution in [2.45, 2.75) is 17.7 Å². The first-order valence-electron chi connectivity index (χ1n) is 11.6. The Hall–Kier alpha value is -3.34. The number of amides is 2. The average Bonchev–Trinajstić information content (AvgIpc) is 2.90.